The molecular weight excluding hydrogens is 372 g/mol. The molecule has 29 heavy (non-hydrogen) atoms. The highest BCUT2D eigenvalue weighted by molar-refractivity contribution is 5.93. The number of rotatable bonds is 6. The molecule has 0 bridgehead atoms. The zero-order valence-corrected chi connectivity index (χ0v) is 16.7. The Labute approximate surface area is 169 Å². The predicted octanol–water partition coefficient (Wildman–Crippen LogP) is 3.09. The van der Waals surface area contributed by atoms with E-state index in [1.807, 2.05) is 25.1 Å². The average molecular weight is 396 g/mol. The fourth-order valence-electron chi connectivity index (χ4n) is 2.86. The third kappa shape index (κ3) is 5.28. The van der Waals surface area contributed by atoms with Crippen molar-refractivity contribution in [1.82, 2.24) is 10.9 Å². The topological polar surface area (TPSA) is 85.9 Å². The van der Waals surface area contributed by atoms with Crippen LogP contribution in [-0.4, -0.2) is 25.2 Å². The van der Waals surface area contributed by atoms with E-state index in [0.29, 0.717) is 17.2 Å². The number of aryl methyl sites for hydroxylation is 1. The maximum atomic E-state index is 12.0. The summed E-state index contributed by atoms with van der Waals surface area (Å²) < 4.78 is 16.2. The van der Waals surface area contributed by atoms with Gasteiger partial charge >= 0.3 is 0 Å². The largest absolute Gasteiger partial charge is 0.483 e. The first-order valence-electron chi connectivity index (χ1n) is 9.33. The van der Waals surface area contributed by atoms with Gasteiger partial charge in [0.05, 0.1) is 0 Å². The van der Waals surface area contributed by atoms with E-state index in [1.165, 1.54) is 6.08 Å². The summed E-state index contributed by atoms with van der Waals surface area (Å²) in [5, 5.41) is 0. The van der Waals surface area contributed by atoms with Gasteiger partial charge in [-0.15, -0.1) is 0 Å². The SMILES string of the molecule is Cc1cccc(C(C)C)c1OCC(=O)NNC(=O)/C=C/c1ccc2c(c1)OCO2. The Morgan fingerprint density at radius 2 is 1.93 bits per heavy atom. The number of hydrogen-bond acceptors (Lipinski definition) is 5. The highest BCUT2D eigenvalue weighted by atomic mass is 16.7. The molecular formula is C22H24N2O5. The summed E-state index contributed by atoms with van der Waals surface area (Å²) in [7, 11) is 0. The summed E-state index contributed by atoms with van der Waals surface area (Å²) >= 11 is 0. The Balaban J connectivity index is 1.48. The molecule has 1 heterocycles. The van der Waals surface area contributed by atoms with Crippen molar-refractivity contribution in [2.24, 2.45) is 0 Å². The molecule has 0 saturated heterocycles. The van der Waals surface area contributed by atoms with Crippen LogP contribution in [0.4, 0.5) is 0 Å². The van der Waals surface area contributed by atoms with Gasteiger partial charge in [0.15, 0.2) is 18.1 Å². The quantitative estimate of drug-likeness (QED) is 0.579. The fraction of sp³-hybridized carbons (Fsp3) is 0.273. The number of hydrazine groups is 1. The van der Waals surface area contributed by atoms with Gasteiger partial charge in [-0.05, 0) is 47.7 Å². The van der Waals surface area contributed by atoms with Crippen molar-refractivity contribution >= 4 is 17.9 Å². The van der Waals surface area contributed by atoms with Gasteiger partial charge in [0.25, 0.3) is 11.8 Å². The smallest absolute Gasteiger partial charge is 0.276 e. The molecule has 7 nitrogen and oxygen atoms in total. The normalized spacial score (nSPS) is 12.3. The average Bonchev–Trinajstić information content (AvgIpc) is 3.17. The lowest BCUT2D eigenvalue weighted by molar-refractivity contribution is -0.128. The van der Waals surface area contributed by atoms with Crippen LogP contribution in [0, 0.1) is 6.92 Å². The molecule has 2 aromatic rings. The van der Waals surface area contributed by atoms with Gasteiger partial charge in [-0.1, -0.05) is 38.1 Å². The summed E-state index contributed by atoms with van der Waals surface area (Å²) in [5.74, 6) is 1.37. The standard InChI is InChI=1S/C22H24N2O5/c1-14(2)17-6-4-5-15(3)22(17)27-12-21(26)24-23-20(25)10-8-16-7-9-18-19(11-16)29-13-28-18/h4-11,14H,12-13H2,1-3H3,(H,23,25)(H,24,26)/b10-8+. The fourth-order valence-corrected chi connectivity index (χ4v) is 2.86. The van der Waals surface area contributed by atoms with Crippen LogP contribution in [0.1, 0.15) is 36.5 Å². The molecule has 0 fully saturated rings. The van der Waals surface area contributed by atoms with Crippen molar-refractivity contribution in [3.63, 3.8) is 0 Å². The molecule has 0 radical (unpaired) electrons. The Kier molecular flexibility index (Phi) is 6.39. The second-order valence-electron chi connectivity index (χ2n) is 6.92. The van der Waals surface area contributed by atoms with Crippen molar-refractivity contribution in [1.29, 1.82) is 0 Å². The number of fused-ring (bicyclic) bond motifs is 1. The van der Waals surface area contributed by atoms with Crippen molar-refractivity contribution in [3.8, 4) is 17.2 Å². The highest BCUT2D eigenvalue weighted by Crippen LogP contribution is 2.32. The first-order chi connectivity index (χ1) is 13.9. The molecule has 2 amide bonds. The first-order valence-corrected chi connectivity index (χ1v) is 9.33. The van der Waals surface area contributed by atoms with E-state index in [0.717, 1.165) is 16.7 Å². The number of nitrogens with one attached hydrogen (secondary N) is 2. The van der Waals surface area contributed by atoms with Gasteiger partial charge in [-0.2, -0.15) is 0 Å². The second kappa shape index (κ2) is 9.14. The maximum Gasteiger partial charge on any atom is 0.276 e. The number of hydrogen-bond donors (Lipinski definition) is 2. The molecule has 0 unspecified atom stereocenters. The van der Waals surface area contributed by atoms with E-state index in [2.05, 4.69) is 24.7 Å². The van der Waals surface area contributed by atoms with Crippen LogP contribution in [0.3, 0.4) is 0 Å². The van der Waals surface area contributed by atoms with Gasteiger partial charge in [-0.3, -0.25) is 20.4 Å². The van der Waals surface area contributed by atoms with E-state index in [-0.39, 0.29) is 19.3 Å². The van der Waals surface area contributed by atoms with E-state index in [9.17, 15) is 9.59 Å². The Morgan fingerprint density at radius 3 is 2.72 bits per heavy atom. The van der Waals surface area contributed by atoms with E-state index in [4.69, 9.17) is 14.2 Å². The van der Waals surface area contributed by atoms with E-state index < -0.39 is 11.8 Å². The van der Waals surface area contributed by atoms with E-state index >= 15 is 0 Å². The van der Waals surface area contributed by atoms with Crippen molar-refractivity contribution in [2.75, 3.05) is 13.4 Å². The molecule has 152 valence electrons. The number of benzene rings is 2. The molecule has 0 aromatic heterocycles. The maximum absolute atomic E-state index is 12.0. The van der Waals surface area contributed by atoms with Gasteiger partial charge in [-0.25, -0.2) is 0 Å². The third-order valence-electron chi connectivity index (χ3n) is 4.36. The van der Waals surface area contributed by atoms with Crippen LogP contribution in [0.2, 0.25) is 0 Å². The number of para-hydroxylation sites is 1. The zero-order valence-electron chi connectivity index (χ0n) is 16.7. The third-order valence-corrected chi connectivity index (χ3v) is 4.36. The van der Waals surface area contributed by atoms with Crippen LogP contribution >= 0.6 is 0 Å². The lowest BCUT2D eigenvalue weighted by Gasteiger charge is -2.16. The van der Waals surface area contributed by atoms with Crippen LogP contribution in [0.25, 0.3) is 6.08 Å². The zero-order chi connectivity index (χ0) is 20.8. The Hall–Kier alpha value is -3.48. The van der Waals surface area contributed by atoms with Gasteiger partial charge in [0.1, 0.15) is 5.75 Å². The van der Waals surface area contributed by atoms with E-state index in [1.54, 1.807) is 24.3 Å². The Bertz CT molecular complexity index is 937. The molecule has 0 aliphatic carbocycles. The second-order valence-corrected chi connectivity index (χ2v) is 6.92. The minimum atomic E-state index is -0.463. The molecule has 2 aromatic carbocycles. The van der Waals surface area contributed by atoms with Gasteiger partial charge < -0.3 is 14.2 Å². The first kappa shape index (κ1) is 20.3. The highest BCUT2D eigenvalue weighted by Gasteiger charge is 2.13. The Morgan fingerprint density at radius 1 is 1.14 bits per heavy atom. The number of amides is 2. The summed E-state index contributed by atoms with van der Waals surface area (Å²) in [6.45, 7) is 6.06. The van der Waals surface area contributed by atoms with Crippen molar-refractivity contribution in [2.45, 2.75) is 26.7 Å². The lowest BCUT2D eigenvalue weighted by Crippen LogP contribution is -2.43. The van der Waals surface area contributed by atoms with Crippen LogP contribution < -0.4 is 25.1 Å². The molecule has 7 heteroatoms. The molecule has 0 atom stereocenters. The van der Waals surface area contributed by atoms with Crippen molar-refractivity contribution in [3.05, 3.63) is 59.2 Å². The predicted molar refractivity (Wildman–Crippen MR) is 109 cm³/mol. The van der Waals surface area contributed by atoms with Crippen molar-refractivity contribution < 1.29 is 23.8 Å². The molecule has 3 rings (SSSR count). The summed E-state index contributed by atoms with van der Waals surface area (Å²) in [6.07, 6.45) is 2.93. The van der Waals surface area contributed by atoms with Crippen LogP contribution in [-0.2, 0) is 9.59 Å². The number of ether oxygens (including phenoxy) is 3. The minimum absolute atomic E-state index is 0.193. The molecule has 0 spiro atoms. The monoisotopic (exact) mass is 396 g/mol. The molecule has 0 saturated carbocycles. The molecule has 2 N–H and O–H groups in total. The molecule has 1 aliphatic rings. The summed E-state index contributed by atoms with van der Waals surface area (Å²) in [5.41, 5.74) is 7.44. The lowest BCUT2D eigenvalue weighted by atomic mass is 10.00. The number of carbonyl (C=O) groups is 2. The van der Waals surface area contributed by atoms with Crippen LogP contribution in [0.5, 0.6) is 17.2 Å². The number of carbonyl (C=O) groups excluding carboxylic acids is 2. The van der Waals surface area contributed by atoms with Crippen LogP contribution in [0.15, 0.2) is 42.5 Å². The van der Waals surface area contributed by atoms with Gasteiger partial charge in [0.2, 0.25) is 6.79 Å². The summed E-state index contributed by atoms with van der Waals surface area (Å²) in [4.78, 5) is 23.9. The molecule has 1 aliphatic heterocycles. The summed E-state index contributed by atoms with van der Waals surface area (Å²) in [6, 6.07) is 11.2. The minimum Gasteiger partial charge on any atom is -0.483 e. The van der Waals surface area contributed by atoms with Gasteiger partial charge in [0, 0.05) is 6.08 Å².